The molecule has 2 aromatic carbocycles. The zero-order valence-corrected chi connectivity index (χ0v) is 18.4. The van der Waals surface area contributed by atoms with Crippen LogP contribution >= 0.6 is 0 Å². The number of ether oxygens (including phenoxy) is 1. The minimum absolute atomic E-state index is 0.0718. The minimum Gasteiger partial charge on any atom is -0.497 e. The van der Waals surface area contributed by atoms with E-state index in [0.29, 0.717) is 18.7 Å². The number of benzene rings is 2. The number of guanidine groups is 1. The number of rotatable bonds is 9. The molecule has 3 rings (SSSR count). The molecule has 31 heavy (non-hydrogen) atoms. The number of amides is 1. The lowest BCUT2D eigenvalue weighted by Gasteiger charge is -2.29. The van der Waals surface area contributed by atoms with Crippen LogP contribution in [0.15, 0.2) is 59.6 Å². The maximum absolute atomic E-state index is 12.1. The number of hydrogen-bond acceptors (Lipinski definition) is 4. The number of likely N-dealkylation sites (tertiary alicyclic amines) is 1. The number of nitrogens with zero attached hydrogens (tertiary/aromatic N) is 2. The zero-order valence-electron chi connectivity index (χ0n) is 18.4. The Morgan fingerprint density at radius 1 is 1.03 bits per heavy atom. The summed E-state index contributed by atoms with van der Waals surface area (Å²) >= 11 is 0. The molecule has 1 fully saturated rings. The molecule has 0 saturated carbocycles. The summed E-state index contributed by atoms with van der Waals surface area (Å²) in [6, 6.07) is 17.8. The van der Waals surface area contributed by atoms with Gasteiger partial charge in [0.25, 0.3) is 5.91 Å². The summed E-state index contributed by atoms with van der Waals surface area (Å²) in [7, 11) is 3.46. The van der Waals surface area contributed by atoms with Gasteiger partial charge in [0, 0.05) is 32.2 Å². The van der Waals surface area contributed by atoms with Crippen molar-refractivity contribution in [2.75, 3.05) is 46.9 Å². The monoisotopic (exact) mass is 423 g/mol. The van der Waals surface area contributed by atoms with Crippen LogP contribution in [0.3, 0.4) is 0 Å². The van der Waals surface area contributed by atoms with Gasteiger partial charge in [0.2, 0.25) is 0 Å². The van der Waals surface area contributed by atoms with Gasteiger partial charge >= 0.3 is 0 Å². The van der Waals surface area contributed by atoms with Gasteiger partial charge in [-0.3, -0.25) is 14.7 Å². The molecule has 1 heterocycles. The molecule has 1 saturated heterocycles. The lowest BCUT2D eigenvalue weighted by atomic mass is 10.1. The molecule has 0 bridgehead atoms. The quantitative estimate of drug-likeness (QED) is 0.328. The van der Waals surface area contributed by atoms with Crippen LogP contribution in [0.4, 0.5) is 0 Å². The number of carbonyl (C=O) groups is 1. The molecule has 0 aliphatic carbocycles. The lowest BCUT2D eigenvalue weighted by molar-refractivity contribution is 0.0954. The van der Waals surface area contributed by atoms with Gasteiger partial charge in [-0.1, -0.05) is 30.3 Å². The SMILES string of the molecule is CN=C(NCCNC(=O)c1ccccc1)NCC(c1cccc(OC)c1)N1CCCC1. The largest absolute Gasteiger partial charge is 0.497 e. The van der Waals surface area contributed by atoms with Crippen LogP contribution in [0.5, 0.6) is 5.75 Å². The fourth-order valence-corrected chi connectivity index (χ4v) is 3.82. The van der Waals surface area contributed by atoms with Gasteiger partial charge in [-0.15, -0.1) is 0 Å². The van der Waals surface area contributed by atoms with E-state index in [2.05, 4.69) is 38.0 Å². The summed E-state index contributed by atoms with van der Waals surface area (Å²) < 4.78 is 5.42. The Morgan fingerprint density at radius 3 is 2.48 bits per heavy atom. The zero-order chi connectivity index (χ0) is 21.9. The average Bonchev–Trinajstić information content (AvgIpc) is 3.35. The second kappa shape index (κ2) is 12.0. The predicted octanol–water partition coefficient (Wildman–Crippen LogP) is 2.43. The molecule has 0 spiro atoms. The number of carbonyl (C=O) groups excluding carboxylic acids is 1. The fraction of sp³-hybridized carbons (Fsp3) is 0.417. The van der Waals surface area contributed by atoms with Crippen molar-refractivity contribution in [3.63, 3.8) is 0 Å². The molecule has 0 aromatic heterocycles. The highest BCUT2D eigenvalue weighted by Gasteiger charge is 2.24. The van der Waals surface area contributed by atoms with Crippen molar-refractivity contribution in [2.24, 2.45) is 4.99 Å². The topological polar surface area (TPSA) is 78.0 Å². The number of aliphatic imine (C=N–C) groups is 1. The van der Waals surface area contributed by atoms with Gasteiger partial charge < -0.3 is 20.7 Å². The van der Waals surface area contributed by atoms with Gasteiger partial charge in [-0.2, -0.15) is 0 Å². The van der Waals surface area contributed by atoms with Crippen molar-refractivity contribution in [1.82, 2.24) is 20.9 Å². The Balaban J connectivity index is 1.50. The van der Waals surface area contributed by atoms with E-state index in [0.717, 1.165) is 31.3 Å². The van der Waals surface area contributed by atoms with Crippen LogP contribution in [-0.2, 0) is 0 Å². The number of hydrogen-bond donors (Lipinski definition) is 3. The molecular formula is C24H33N5O2. The van der Waals surface area contributed by atoms with Gasteiger partial charge in [-0.05, 0) is 55.8 Å². The Kier molecular flexibility index (Phi) is 8.72. The van der Waals surface area contributed by atoms with Crippen molar-refractivity contribution >= 4 is 11.9 Å². The van der Waals surface area contributed by atoms with E-state index in [4.69, 9.17) is 4.74 Å². The lowest BCUT2D eigenvalue weighted by Crippen LogP contribution is -2.44. The Bertz CT molecular complexity index is 850. The van der Waals surface area contributed by atoms with Gasteiger partial charge in [0.15, 0.2) is 5.96 Å². The third kappa shape index (κ3) is 6.72. The van der Waals surface area contributed by atoms with E-state index in [-0.39, 0.29) is 11.9 Å². The molecule has 166 valence electrons. The highest BCUT2D eigenvalue weighted by atomic mass is 16.5. The molecule has 2 aromatic rings. The molecule has 1 aliphatic heterocycles. The molecule has 1 amide bonds. The van der Waals surface area contributed by atoms with Crippen molar-refractivity contribution in [3.05, 3.63) is 65.7 Å². The first kappa shape index (κ1) is 22.6. The third-order valence-electron chi connectivity index (χ3n) is 5.49. The van der Waals surface area contributed by atoms with Crippen LogP contribution in [0.2, 0.25) is 0 Å². The summed E-state index contributed by atoms with van der Waals surface area (Å²) in [5.74, 6) is 1.52. The molecule has 3 N–H and O–H groups in total. The normalized spacial score (nSPS) is 15.4. The van der Waals surface area contributed by atoms with E-state index in [1.165, 1.54) is 18.4 Å². The van der Waals surface area contributed by atoms with Crippen LogP contribution < -0.4 is 20.7 Å². The molecule has 7 nitrogen and oxygen atoms in total. The number of methoxy groups -OCH3 is 1. The van der Waals surface area contributed by atoms with Crippen LogP contribution in [0.25, 0.3) is 0 Å². The summed E-state index contributed by atoms with van der Waals surface area (Å²) in [6.07, 6.45) is 2.46. The van der Waals surface area contributed by atoms with Crippen molar-refractivity contribution in [2.45, 2.75) is 18.9 Å². The van der Waals surface area contributed by atoms with E-state index >= 15 is 0 Å². The highest BCUT2D eigenvalue weighted by molar-refractivity contribution is 5.94. The molecule has 1 aliphatic rings. The Morgan fingerprint density at radius 2 is 1.77 bits per heavy atom. The van der Waals surface area contributed by atoms with Crippen LogP contribution in [-0.4, -0.2) is 63.6 Å². The van der Waals surface area contributed by atoms with Gasteiger partial charge in [-0.25, -0.2) is 0 Å². The summed E-state index contributed by atoms with van der Waals surface area (Å²) in [5.41, 5.74) is 1.90. The summed E-state index contributed by atoms with van der Waals surface area (Å²) in [4.78, 5) is 19.0. The van der Waals surface area contributed by atoms with Crippen molar-refractivity contribution < 1.29 is 9.53 Å². The first-order chi connectivity index (χ1) is 15.2. The van der Waals surface area contributed by atoms with Crippen LogP contribution in [0, 0.1) is 0 Å². The molecular weight excluding hydrogens is 390 g/mol. The second-order valence-corrected chi connectivity index (χ2v) is 7.54. The van der Waals surface area contributed by atoms with Crippen molar-refractivity contribution in [3.8, 4) is 5.75 Å². The summed E-state index contributed by atoms with van der Waals surface area (Å²) in [6.45, 7) is 4.04. The maximum atomic E-state index is 12.1. The molecule has 7 heteroatoms. The predicted molar refractivity (Wildman–Crippen MR) is 125 cm³/mol. The highest BCUT2D eigenvalue weighted by Crippen LogP contribution is 2.27. The third-order valence-corrected chi connectivity index (χ3v) is 5.49. The second-order valence-electron chi connectivity index (χ2n) is 7.54. The summed E-state index contributed by atoms with van der Waals surface area (Å²) in [5, 5.41) is 9.64. The van der Waals surface area contributed by atoms with Crippen molar-refractivity contribution in [1.29, 1.82) is 0 Å². The molecule has 0 radical (unpaired) electrons. The van der Waals surface area contributed by atoms with E-state index in [1.54, 1.807) is 26.3 Å². The first-order valence-corrected chi connectivity index (χ1v) is 10.9. The first-order valence-electron chi connectivity index (χ1n) is 10.9. The maximum Gasteiger partial charge on any atom is 0.251 e. The number of nitrogens with one attached hydrogen (secondary N) is 3. The Labute approximate surface area is 184 Å². The molecule has 1 atom stereocenters. The van der Waals surface area contributed by atoms with E-state index in [9.17, 15) is 4.79 Å². The standard InChI is InChI=1S/C24H33N5O2/c1-25-24(27-14-13-26-23(30)19-9-4-3-5-10-19)28-18-22(29-15-6-7-16-29)20-11-8-12-21(17-20)31-2/h3-5,8-12,17,22H,6-7,13-16,18H2,1-2H3,(H,26,30)(H2,25,27,28). The van der Waals surface area contributed by atoms with Gasteiger partial charge in [0.1, 0.15) is 5.75 Å². The van der Waals surface area contributed by atoms with E-state index < -0.39 is 0 Å². The van der Waals surface area contributed by atoms with Crippen LogP contribution in [0.1, 0.15) is 34.8 Å². The van der Waals surface area contributed by atoms with Gasteiger partial charge in [0.05, 0.1) is 13.2 Å². The van der Waals surface area contributed by atoms with E-state index in [1.807, 2.05) is 30.3 Å². The Hall–Kier alpha value is -3.06. The smallest absolute Gasteiger partial charge is 0.251 e. The molecule has 1 unspecified atom stereocenters. The minimum atomic E-state index is -0.0718. The fourth-order valence-electron chi connectivity index (χ4n) is 3.82. The average molecular weight is 424 g/mol.